The van der Waals surface area contributed by atoms with Crippen molar-refractivity contribution in [3.05, 3.63) is 72.6 Å². The van der Waals surface area contributed by atoms with Gasteiger partial charge in [-0.05, 0) is 25.1 Å². The number of ether oxygens (including phenoxy) is 2. The van der Waals surface area contributed by atoms with Gasteiger partial charge in [0.05, 0.1) is 49.5 Å². The van der Waals surface area contributed by atoms with Gasteiger partial charge >= 0.3 is 0 Å². The second kappa shape index (κ2) is 11.8. The number of hydroxylamine groups is 1. The van der Waals surface area contributed by atoms with Gasteiger partial charge in [0, 0.05) is 37.2 Å². The first-order valence-corrected chi connectivity index (χ1v) is 12.8. The van der Waals surface area contributed by atoms with Gasteiger partial charge in [-0.1, -0.05) is 18.7 Å². The van der Waals surface area contributed by atoms with Gasteiger partial charge in [-0.25, -0.2) is 23.8 Å². The number of hydrogen-bond donors (Lipinski definition) is 2. The highest BCUT2D eigenvalue weighted by molar-refractivity contribution is 6.02. The number of anilines is 5. The predicted octanol–water partition coefficient (Wildman–Crippen LogP) is 4.74. The molecule has 0 aliphatic carbocycles. The molecule has 2 fully saturated rings. The molecule has 2 unspecified atom stereocenters. The van der Waals surface area contributed by atoms with E-state index in [1.807, 2.05) is 13.0 Å². The maximum atomic E-state index is 14.6. The highest BCUT2D eigenvalue weighted by Gasteiger charge is 2.32. The summed E-state index contributed by atoms with van der Waals surface area (Å²) in [6.07, 6.45) is 3.02. The van der Waals surface area contributed by atoms with Crippen molar-refractivity contribution >= 4 is 34.6 Å². The molecule has 2 N–H and O–H groups in total. The number of aromatic nitrogens is 2. The lowest BCUT2D eigenvalue weighted by Crippen LogP contribution is -2.41. The molecule has 40 heavy (non-hydrogen) atoms. The molecule has 210 valence electrons. The van der Waals surface area contributed by atoms with Gasteiger partial charge in [-0.3, -0.25) is 9.63 Å². The second-order valence-electron chi connectivity index (χ2n) is 9.38. The molecular weight excluding hydrogens is 522 g/mol. The van der Waals surface area contributed by atoms with Gasteiger partial charge in [0.25, 0.3) is 0 Å². The van der Waals surface area contributed by atoms with Gasteiger partial charge in [-0.15, -0.1) is 0 Å². The highest BCUT2D eigenvalue weighted by atomic mass is 19.2. The van der Waals surface area contributed by atoms with E-state index >= 15 is 0 Å². The molecule has 1 aromatic heterocycles. The van der Waals surface area contributed by atoms with Crippen molar-refractivity contribution in [3.63, 3.8) is 0 Å². The molecule has 2 saturated heterocycles. The van der Waals surface area contributed by atoms with Crippen LogP contribution in [0.3, 0.4) is 0 Å². The van der Waals surface area contributed by atoms with E-state index < -0.39 is 17.7 Å². The Morgan fingerprint density at radius 1 is 1.20 bits per heavy atom. The number of methoxy groups -OCH3 is 1. The topological polar surface area (TPSA) is 101 Å². The van der Waals surface area contributed by atoms with Crippen LogP contribution in [0.4, 0.5) is 37.5 Å². The van der Waals surface area contributed by atoms with Gasteiger partial charge in [0.1, 0.15) is 17.9 Å². The monoisotopic (exact) mass is 552 g/mol. The zero-order chi connectivity index (χ0) is 28.2. The number of rotatable bonds is 8. The largest absolute Gasteiger partial charge is 0.494 e. The van der Waals surface area contributed by atoms with Crippen LogP contribution in [0, 0.1) is 11.6 Å². The summed E-state index contributed by atoms with van der Waals surface area (Å²) in [6, 6.07) is 8.75. The molecule has 3 heterocycles. The molecule has 3 aromatic rings. The first kappa shape index (κ1) is 27.3. The first-order chi connectivity index (χ1) is 19.4. The number of hydrogen-bond acceptors (Lipinski definition) is 9. The fourth-order valence-corrected chi connectivity index (χ4v) is 4.85. The Morgan fingerprint density at radius 2 is 2.05 bits per heavy atom. The standard InChI is InChI=1S/C28H30F2N6O4/c1-4-27(37)34-20-12-21(24(38-3)13-23(20)35-9-11-39-17(2)15-35)33-25-14-26(32-16-31-25)36-22(8-10-40-36)18-6-5-7-19(29)28(18)30/h4-7,12-14,16-17,22H,1,8-11,15H2,2-3H3,(H,34,37)(H,31,32,33). The summed E-state index contributed by atoms with van der Waals surface area (Å²) in [5, 5.41) is 7.56. The summed E-state index contributed by atoms with van der Waals surface area (Å²) < 4.78 is 39.8. The normalized spacial score (nSPS) is 18.9. The minimum atomic E-state index is -0.921. The summed E-state index contributed by atoms with van der Waals surface area (Å²) in [7, 11) is 1.55. The van der Waals surface area contributed by atoms with Gasteiger partial charge in [-0.2, -0.15) is 0 Å². The zero-order valence-corrected chi connectivity index (χ0v) is 22.2. The van der Waals surface area contributed by atoms with E-state index in [4.69, 9.17) is 14.3 Å². The van der Waals surface area contributed by atoms with Crippen molar-refractivity contribution in [1.82, 2.24) is 9.97 Å². The molecule has 0 radical (unpaired) electrons. The number of amides is 1. The zero-order valence-electron chi connectivity index (χ0n) is 22.2. The Morgan fingerprint density at radius 3 is 2.83 bits per heavy atom. The third kappa shape index (κ3) is 5.68. The Balaban J connectivity index is 1.46. The molecule has 0 spiro atoms. The molecule has 0 bridgehead atoms. The van der Waals surface area contributed by atoms with Crippen molar-refractivity contribution in [1.29, 1.82) is 0 Å². The maximum absolute atomic E-state index is 14.6. The quantitative estimate of drug-likeness (QED) is 0.384. The van der Waals surface area contributed by atoms with Crippen molar-refractivity contribution in [3.8, 4) is 5.75 Å². The van der Waals surface area contributed by atoms with Crippen LogP contribution in [0.25, 0.3) is 0 Å². The fraction of sp³-hybridized carbons (Fsp3) is 0.321. The fourth-order valence-electron chi connectivity index (χ4n) is 4.85. The van der Waals surface area contributed by atoms with E-state index in [1.165, 1.54) is 29.6 Å². The lowest BCUT2D eigenvalue weighted by Gasteiger charge is -2.34. The molecule has 2 aliphatic heterocycles. The summed E-state index contributed by atoms with van der Waals surface area (Å²) in [6.45, 7) is 7.71. The number of carbonyl (C=O) groups is 1. The van der Waals surface area contributed by atoms with Crippen LogP contribution in [0.5, 0.6) is 5.75 Å². The molecule has 2 atom stereocenters. The minimum absolute atomic E-state index is 0.0254. The smallest absolute Gasteiger partial charge is 0.247 e. The van der Waals surface area contributed by atoms with Crippen molar-refractivity contribution in [2.24, 2.45) is 0 Å². The molecule has 12 heteroatoms. The molecule has 1 amide bonds. The van der Waals surface area contributed by atoms with Crippen LogP contribution in [0.2, 0.25) is 0 Å². The maximum Gasteiger partial charge on any atom is 0.247 e. The van der Waals surface area contributed by atoms with E-state index in [0.29, 0.717) is 61.5 Å². The van der Waals surface area contributed by atoms with Gasteiger partial charge in [0.15, 0.2) is 17.5 Å². The third-order valence-electron chi connectivity index (χ3n) is 6.73. The van der Waals surface area contributed by atoms with Gasteiger partial charge in [0.2, 0.25) is 5.91 Å². The second-order valence-corrected chi connectivity index (χ2v) is 9.38. The number of halogens is 2. The summed E-state index contributed by atoms with van der Waals surface area (Å²) >= 11 is 0. The van der Waals surface area contributed by atoms with E-state index in [0.717, 1.165) is 11.8 Å². The summed E-state index contributed by atoms with van der Waals surface area (Å²) in [5.74, 6) is -0.916. The van der Waals surface area contributed by atoms with E-state index in [2.05, 4.69) is 32.1 Å². The van der Waals surface area contributed by atoms with Crippen LogP contribution in [0.1, 0.15) is 24.9 Å². The van der Waals surface area contributed by atoms with Gasteiger partial charge < -0.3 is 25.0 Å². The predicted molar refractivity (Wildman–Crippen MR) is 147 cm³/mol. The van der Waals surface area contributed by atoms with Crippen LogP contribution in [0.15, 0.2) is 55.4 Å². The number of nitrogens with zero attached hydrogens (tertiary/aromatic N) is 4. The van der Waals surface area contributed by atoms with Crippen LogP contribution < -0.4 is 25.3 Å². The number of carbonyl (C=O) groups excluding carboxylic acids is 1. The molecule has 5 rings (SSSR count). The van der Waals surface area contributed by atoms with Crippen LogP contribution in [-0.2, 0) is 14.4 Å². The number of benzene rings is 2. The van der Waals surface area contributed by atoms with Crippen LogP contribution >= 0.6 is 0 Å². The molecule has 10 nitrogen and oxygen atoms in total. The first-order valence-electron chi connectivity index (χ1n) is 12.8. The lowest BCUT2D eigenvalue weighted by atomic mass is 10.0. The Kier molecular flexibility index (Phi) is 8.08. The Hall–Kier alpha value is -4.29. The van der Waals surface area contributed by atoms with E-state index in [1.54, 1.807) is 19.2 Å². The third-order valence-corrected chi connectivity index (χ3v) is 6.73. The molecule has 0 saturated carbocycles. The van der Waals surface area contributed by atoms with Crippen molar-refractivity contribution in [2.45, 2.75) is 25.5 Å². The van der Waals surface area contributed by atoms with E-state index in [9.17, 15) is 13.6 Å². The Labute approximate surface area is 230 Å². The highest BCUT2D eigenvalue weighted by Crippen LogP contribution is 2.40. The number of nitrogens with one attached hydrogen (secondary N) is 2. The Bertz CT molecular complexity index is 1410. The molecule has 2 aliphatic rings. The molecular formula is C28H30F2N6O4. The SMILES string of the molecule is C=CC(=O)Nc1cc(Nc2cc(N3OCCC3c3cccc(F)c3F)ncn2)c(OC)cc1N1CCOC(C)C1. The minimum Gasteiger partial charge on any atom is -0.494 e. The van der Waals surface area contributed by atoms with Crippen LogP contribution in [-0.4, -0.2) is 55.4 Å². The molecule has 2 aromatic carbocycles. The number of morpholine rings is 1. The van der Waals surface area contributed by atoms with Crippen molar-refractivity contribution in [2.75, 3.05) is 54.0 Å². The van der Waals surface area contributed by atoms with E-state index in [-0.39, 0.29) is 17.6 Å². The average Bonchev–Trinajstić information content (AvgIpc) is 3.44. The summed E-state index contributed by atoms with van der Waals surface area (Å²) in [4.78, 5) is 28.8. The summed E-state index contributed by atoms with van der Waals surface area (Å²) in [5.41, 5.74) is 2.05. The van der Waals surface area contributed by atoms with Crippen molar-refractivity contribution < 1.29 is 27.9 Å². The lowest BCUT2D eigenvalue weighted by molar-refractivity contribution is -0.111. The average molecular weight is 553 g/mol.